The van der Waals surface area contributed by atoms with E-state index in [-0.39, 0.29) is 6.73 Å². The molecule has 0 saturated carbocycles. The third kappa shape index (κ3) is 2.88. The van der Waals surface area contributed by atoms with Crippen LogP contribution in [-0.4, -0.2) is 18.9 Å². The summed E-state index contributed by atoms with van der Waals surface area (Å²) in [6, 6.07) is 5.38. The van der Waals surface area contributed by atoms with Gasteiger partial charge >= 0.3 is 0 Å². The zero-order chi connectivity index (χ0) is 9.68. The molecule has 0 radical (unpaired) electrons. The number of methoxy groups -OCH3 is 1. The molecule has 13 heavy (non-hydrogen) atoms. The van der Waals surface area contributed by atoms with Gasteiger partial charge in [0, 0.05) is 17.1 Å². The molecule has 0 amide bonds. The summed E-state index contributed by atoms with van der Waals surface area (Å²) in [5.41, 5.74) is 0.934. The highest BCUT2D eigenvalue weighted by atomic mass is 35.5. The van der Waals surface area contributed by atoms with Gasteiger partial charge in [0.2, 0.25) is 0 Å². The third-order valence-electron chi connectivity index (χ3n) is 1.67. The van der Waals surface area contributed by atoms with Crippen LogP contribution in [0.4, 0.5) is 0 Å². The van der Waals surface area contributed by atoms with Crippen molar-refractivity contribution in [2.75, 3.05) is 13.8 Å². The quantitative estimate of drug-likeness (QED) is 0.724. The van der Waals surface area contributed by atoms with E-state index in [9.17, 15) is 0 Å². The Hall–Kier alpha value is -0.770. The van der Waals surface area contributed by atoms with Crippen LogP contribution in [0.5, 0.6) is 5.75 Å². The summed E-state index contributed by atoms with van der Waals surface area (Å²) in [7, 11) is 1.60. The first-order valence-corrected chi connectivity index (χ1v) is 4.29. The minimum atomic E-state index is -0.0599. The van der Waals surface area contributed by atoms with E-state index in [1.807, 2.05) is 6.07 Å². The van der Waals surface area contributed by atoms with Crippen LogP contribution in [-0.2, 0) is 6.54 Å². The molecule has 0 atom stereocenters. The van der Waals surface area contributed by atoms with Crippen LogP contribution in [0.3, 0.4) is 0 Å². The minimum absolute atomic E-state index is 0.0599. The number of hydrogen-bond donors (Lipinski definition) is 2. The Kier molecular flexibility index (Phi) is 4.02. The number of aliphatic hydroxyl groups excluding tert-OH is 1. The third-order valence-corrected chi connectivity index (χ3v) is 1.90. The van der Waals surface area contributed by atoms with E-state index >= 15 is 0 Å². The van der Waals surface area contributed by atoms with E-state index in [0.717, 1.165) is 11.3 Å². The first-order chi connectivity index (χ1) is 6.27. The summed E-state index contributed by atoms with van der Waals surface area (Å²) in [6.07, 6.45) is 0. The lowest BCUT2D eigenvalue weighted by molar-refractivity contribution is 0.258. The molecule has 0 spiro atoms. The molecule has 1 rings (SSSR count). The fourth-order valence-corrected chi connectivity index (χ4v) is 1.27. The van der Waals surface area contributed by atoms with Gasteiger partial charge in [0.1, 0.15) is 5.75 Å². The summed E-state index contributed by atoms with van der Waals surface area (Å²) >= 11 is 5.81. The molecule has 0 aliphatic rings. The molecule has 0 heterocycles. The molecule has 4 heteroatoms. The monoisotopic (exact) mass is 201 g/mol. The van der Waals surface area contributed by atoms with E-state index in [2.05, 4.69) is 5.32 Å². The van der Waals surface area contributed by atoms with Gasteiger partial charge < -0.3 is 9.84 Å². The maximum absolute atomic E-state index is 8.58. The fraction of sp³-hybridized carbons (Fsp3) is 0.333. The first kappa shape index (κ1) is 10.3. The molecule has 0 aromatic heterocycles. The Bertz CT molecular complexity index is 278. The van der Waals surface area contributed by atoms with Crippen LogP contribution in [0.2, 0.25) is 5.02 Å². The molecule has 0 aliphatic carbocycles. The number of rotatable bonds is 4. The molecule has 0 bridgehead atoms. The molecular formula is C9H12ClNO2. The molecule has 0 fully saturated rings. The summed E-state index contributed by atoms with van der Waals surface area (Å²) < 4.78 is 5.12. The smallest absolute Gasteiger partial charge is 0.123 e. The number of hydrogen-bond acceptors (Lipinski definition) is 3. The first-order valence-electron chi connectivity index (χ1n) is 3.92. The van der Waals surface area contributed by atoms with Gasteiger partial charge in [0.15, 0.2) is 0 Å². The maximum atomic E-state index is 8.58. The van der Waals surface area contributed by atoms with E-state index < -0.39 is 0 Å². The number of ether oxygens (including phenoxy) is 1. The average Bonchev–Trinajstić information content (AvgIpc) is 2.15. The van der Waals surface area contributed by atoms with Gasteiger partial charge in [0.25, 0.3) is 0 Å². The Morgan fingerprint density at radius 3 is 2.92 bits per heavy atom. The normalized spacial score (nSPS) is 10.1. The standard InChI is InChI=1S/C9H12ClNO2/c1-13-9-3-2-8(10)4-7(9)5-11-6-12/h2-4,11-12H,5-6H2,1H3. The second-order valence-corrected chi connectivity index (χ2v) is 2.98. The Labute approximate surface area is 82.3 Å². The van der Waals surface area contributed by atoms with E-state index in [1.165, 1.54) is 0 Å². The lowest BCUT2D eigenvalue weighted by Gasteiger charge is -2.08. The molecule has 1 aromatic rings. The van der Waals surface area contributed by atoms with Crippen LogP contribution >= 0.6 is 11.6 Å². The van der Waals surface area contributed by atoms with Gasteiger partial charge in [-0.2, -0.15) is 0 Å². The highest BCUT2D eigenvalue weighted by Gasteiger charge is 2.02. The SMILES string of the molecule is COc1ccc(Cl)cc1CNCO. The second kappa shape index (κ2) is 5.07. The molecular weight excluding hydrogens is 190 g/mol. The Balaban J connectivity index is 2.81. The van der Waals surface area contributed by atoms with E-state index in [0.29, 0.717) is 11.6 Å². The molecule has 3 nitrogen and oxygen atoms in total. The van der Waals surface area contributed by atoms with Gasteiger partial charge in [-0.3, -0.25) is 5.32 Å². The van der Waals surface area contributed by atoms with Gasteiger partial charge in [-0.05, 0) is 18.2 Å². The van der Waals surface area contributed by atoms with Crippen LogP contribution in [0.1, 0.15) is 5.56 Å². The predicted molar refractivity (Wildman–Crippen MR) is 51.9 cm³/mol. The largest absolute Gasteiger partial charge is 0.496 e. The van der Waals surface area contributed by atoms with E-state index in [1.54, 1.807) is 19.2 Å². The predicted octanol–water partition coefficient (Wildman–Crippen LogP) is 1.39. The second-order valence-electron chi connectivity index (χ2n) is 2.54. The van der Waals surface area contributed by atoms with Crippen molar-refractivity contribution in [1.29, 1.82) is 0 Å². The Morgan fingerprint density at radius 2 is 2.31 bits per heavy atom. The zero-order valence-electron chi connectivity index (χ0n) is 7.38. The van der Waals surface area contributed by atoms with Crippen molar-refractivity contribution >= 4 is 11.6 Å². The molecule has 0 saturated heterocycles. The summed E-state index contributed by atoms with van der Waals surface area (Å²) in [6.45, 7) is 0.482. The molecule has 72 valence electrons. The molecule has 0 aliphatic heterocycles. The molecule has 0 unspecified atom stereocenters. The maximum Gasteiger partial charge on any atom is 0.123 e. The van der Waals surface area contributed by atoms with Crippen LogP contribution < -0.4 is 10.1 Å². The lowest BCUT2D eigenvalue weighted by Crippen LogP contribution is -2.14. The number of benzene rings is 1. The van der Waals surface area contributed by atoms with Crippen molar-refractivity contribution in [2.24, 2.45) is 0 Å². The topological polar surface area (TPSA) is 41.5 Å². The van der Waals surface area contributed by atoms with Gasteiger partial charge in [-0.1, -0.05) is 11.6 Å². The average molecular weight is 202 g/mol. The van der Waals surface area contributed by atoms with Crippen molar-refractivity contribution in [2.45, 2.75) is 6.54 Å². The van der Waals surface area contributed by atoms with Crippen molar-refractivity contribution in [3.63, 3.8) is 0 Å². The summed E-state index contributed by atoms with van der Waals surface area (Å²) in [5, 5.41) is 12.0. The highest BCUT2D eigenvalue weighted by Crippen LogP contribution is 2.22. The van der Waals surface area contributed by atoms with Crippen LogP contribution in [0, 0.1) is 0 Å². The summed E-state index contributed by atoms with van der Waals surface area (Å²) in [4.78, 5) is 0. The zero-order valence-corrected chi connectivity index (χ0v) is 8.14. The molecule has 1 aromatic carbocycles. The summed E-state index contributed by atoms with van der Waals surface area (Å²) in [5.74, 6) is 0.769. The van der Waals surface area contributed by atoms with Crippen molar-refractivity contribution in [3.05, 3.63) is 28.8 Å². The lowest BCUT2D eigenvalue weighted by atomic mass is 10.2. The fourth-order valence-electron chi connectivity index (χ4n) is 1.08. The van der Waals surface area contributed by atoms with Gasteiger partial charge in [0.05, 0.1) is 13.8 Å². The van der Waals surface area contributed by atoms with E-state index in [4.69, 9.17) is 21.4 Å². The Morgan fingerprint density at radius 1 is 1.54 bits per heavy atom. The van der Waals surface area contributed by atoms with Crippen molar-refractivity contribution < 1.29 is 9.84 Å². The van der Waals surface area contributed by atoms with Gasteiger partial charge in [-0.25, -0.2) is 0 Å². The van der Waals surface area contributed by atoms with Crippen LogP contribution in [0.15, 0.2) is 18.2 Å². The highest BCUT2D eigenvalue weighted by molar-refractivity contribution is 6.30. The van der Waals surface area contributed by atoms with Crippen LogP contribution in [0.25, 0.3) is 0 Å². The van der Waals surface area contributed by atoms with Gasteiger partial charge in [-0.15, -0.1) is 0 Å². The number of aliphatic hydroxyl groups is 1. The van der Waals surface area contributed by atoms with Crippen molar-refractivity contribution in [3.8, 4) is 5.75 Å². The molecule has 2 N–H and O–H groups in total. The number of nitrogens with one attached hydrogen (secondary N) is 1. The van der Waals surface area contributed by atoms with Crippen molar-refractivity contribution in [1.82, 2.24) is 5.32 Å². The number of halogens is 1. The minimum Gasteiger partial charge on any atom is -0.496 e.